The summed E-state index contributed by atoms with van der Waals surface area (Å²) < 4.78 is 18.9. The Morgan fingerprint density at radius 1 is 1.14 bits per heavy atom. The van der Waals surface area contributed by atoms with Crippen LogP contribution in [0.25, 0.3) is 22.2 Å². The maximum Gasteiger partial charge on any atom is 0.255 e. The Balaban J connectivity index is 2.15. The Morgan fingerprint density at radius 2 is 1.91 bits per heavy atom. The number of nitrogens with zero attached hydrogens (tertiary/aromatic N) is 1. The Morgan fingerprint density at radius 3 is 2.64 bits per heavy atom. The smallest absolute Gasteiger partial charge is 0.255 e. The number of rotatable bonds is 4. The van der Waals surface area contributed by atoms with Crippen LogP contribution in [0, 0.1) is 5.82 Å². The Hall–Kier alpha value is -2.95. The lowest BCUT2D eigenvalue weighted by Crippen LogP contribution is -2.20. The van der Waals surface area contributed by atoms with Gasteiger partial charge in [0.25, 0.3) is 5.91 Å². The van der Waals surface area contributed by atoms with Crippen molar-refractivity contribution in [2.24, 2.45) is 5.73 Å². The zero-order valence-corrected chi connectivity index (χ0v) is 11.6. The van der Waals surface area contributed by atoms with E-state index < -0.39 is 11.7 Å². The van der Waals surface area contributed by atoms with Crippen molar-refractivity contribution in [3.05, 3.63) is 60.4 Å². The maximum atomic E-state index is 13.5. The lowest BCUT2D eigenvalue weighted by molar-refractivity contribution is -0.119. The number of halogens is 1. The van der Waals surface area contributed by atoms with Crippen LogP contribution in [-0.2, 0) is 4.79 Å². The molecule has 2 aromatic carbocycles. The van der Waals surface area contributed by atoms with Gasteiger partial charge in [-0.2, -0.15) is 0 Å². The first kappa shape index (κ1) is 14.0. The van der Waals surface area contributed by atoms with Crippen LogP contribution in [0.1, 0.15) is 0 Å². The van der Waals surface area contributed by atoms with Crippen LogP contribution < -0.4 is 10.5 Å². The van der Waals surface area contributed by atoms with Crippen LogP contribution in [0.5, 0.6) is 5.75 Å². The quantitative estimate of drug-likeness (QED) is 0.805. The molecule has 3 aromatic rings. The van der Waals surface area contributed by atoms with Crippen molar-refractivity contribution in [1.29, 1.82) is 0 Å². The van der Waals surface area contributed by atoms with E-state index in [9.17, 15) is 9.18 Å². The van der Waals surface area contributed by atoms with E-state index in [0.29, 0.717) is 22.3 Å². The fourth-order valence-electron chi connectivity index (χ4n) is 2.19. The number of ether oxygens (including phenoxy) is 1. The minimum absolute atomic E-state index is 0.274. The summed E-state index contributed by atoms with van der Waals surface area (Å²) in [4.78, 5) is 15.4. The summed E-state index contributed by atoms with van der Waals surface area (Å²) in [7, 11) is 0. The second-order valence-corrected chi connectivity index (χ2v) is 4.79. The molecular weight excluding hydrogens is 283 g/mol. The Labute approximate surface area is 126 Å². The minimum Gasteiger partial charge on any atom is -0.483 e. The third-order valence-corrected chi connectivity index (χ3v) is 3.17. The van der Waals surface area contributed by atoms with Crippen LogP contribution in [0.4, 0.5) is 4.39 Å². The summed E-state index contributed by atoms with van der Waals surface area (Å²) in [6.07, 6.45) is 0. The lowest BCUT2D eigenvalue weighted by Gasteiger charge is -2.10. The molecule has 0 saturated heterocycles. The number of hydrogen-bond acceptors (Lipinski definition) is 3. The summed E-state index contributed by atoms with van der Waals surface area (Å²) in [5.74, 6) is -0.615. The van der Waals surface area contributed by atoms with Gasteiger partial charge in [0.2, 0.25) is 0 Å². The van der Waals surface area contributed by atoms with Crippen molar-refractivity contribution in [2.45, 2.75) is 0 Å². The highest BCUT2D eigenvalue weighted by molar-refractivity contribution is 5.88. The first-order valence-electron chi connectivity index (χ1n) is 6.70. The van der Waals surface area contributed by atoms with Gasteiger partial charge in [-0.3, -0.25) is 4.79 Å². The molecule has 0 atom stereocenters. The molecule has 1 heterocycles. The number of carbonyl (C=O) groups excluding carboxylic acids is 1. The van der Waals surface area contributed by atoms with E-state index in [1.54, 1.807) is 12.1 Å². The zero-order valence-electron chi connectivity index (χ0n) is 11.6. The van der Waals surface area contributed by atoms with Gasteiger partial charge in [0.1, 0.15) is 11.6 Å². The van der Waals surface area contributed by atoms with Crippen molar-refractivity contribution >= 4 is 16.8 Å². The predicted molar refractivity (Wildman–Crippen MR) is 81.8 cm³/mol. The second kappa shape index (κ2) is 5.81. The first-order chi connectivity index (χ1) is 10.6. The first-order valence-corrected chi connectivity index (χ1v) is 6.70. The van der Waals surface area contributed by atoms with E-state index in [1.165, 1.54) is 12.1 Å². The van der Waals surface area contributed by atoms with Gasteiger partial charge >= 0.3 is 0 Å². The molecule has 0 unspecified atom stereocenters. The molecule has 2 N–H and O–H groups in total. The van der Waals surface area contributed by atoms with Gasteiger partial charge in [0, 0.05) is 17.0 Å². The monoisotopic (exact) mass is 296 g/mol. The highest BCUT2D eigenvalue weighted by Gasteiger charge is 2.10. The molecule has 0 fully saturated rings. The molecule has 3 rings (SSSR count). The van der Waals surface area contributed by atoms with Gasteiger partial charge in [0.15, 0.2) is 6.61 Å². The average Bonchev–Trinajstić information content (AvgIpc) is 2.53. The van der Waals surface area contributed by atoms with E-state index in [2.05, 4.69) is 4.98 Å². The number of primary amides is 1. The molecule has 0 saturated carbocycles. The molecule has 1 amide bonds. The SMILES string of the molecule is NC(=O)COc1cc(-c2ccccc2)nc2ccc(F)cc12. The van der Waals surface area contributed by atoms with Crippen molar-refractivity contribution in [1.82, 2.24) is 4.98 Å². The van der Waals surface area contributed by atoms with E-state index >= 15 is 0 Å². The number of carbonyl (C=O) groups is 1. The Bertz CT molecular complexity index is 835. The average molecular weight is 296 g/mol. The van der Waals surface area contributed by atoms with Gasteiger partial charge in [0.05, 0.1) is 11.2 Å². The van der Waals surface area contributed by atoms with Crippen molar-refractivity contribution < 1.29 is 13.9 Å². The van der Waals surface area contributed by atoms with Crippen LogP contribution in [0.15, 0.2) is 54.6 Å². The molecule has 0 aliphatic carbocycles. The number of hydrogen-bond donors (Lipinski definition) is 1. The predicted octanol–water partition coefficient (Wildman–Crippen LogP) is 2.91. The summed E-state index contributed by atoms with van der Waals surface area (Å²) in [5, 5.41) is 0.501. The summed E-state index contributed by atoms with van der Waals surface area (Å²) in [6.45, 7) is -0.274. The van der Waals surface area contributed by atoms with Crippen molar-refractivity contribution in [3.63, 3.8) is 0 Å². The number of fused-ring (bicyclic) bond motifs is 1. The van der Waals surface area contributed by atoms with Crippen LogP contribution in [-0.4, -0.2) is 17.5 Å². The minimum atomic E-state index is -0.595. The molecule has 4 nitrogen and oxygen atoms in total. The van der Waals surface area contributed by atoms with Crippen molar-refractivity contribution in [2.75, 3.05) is 6.61 Å². The topological polar surface area (TPSA) is 65.2 Å². The molecule has 0 bridgehead atoms. The van der Waals surface area contributed by atoms with E-state index in [-0.39, 0.29) is 6.61 Å². The summed E-state index contributed by atoms with van der Waals surface area (Å²) in [5.41, 5.74) is 7.28. The molecule has 0 spiro atoms. The van der Waals surface area contributed by atoms with Gasteiger partial charge in [-0.1, -0.05) is 30.3 Å². The summed E-state index contributed by atoms with van der Waals surface area (Å²) >= 11 is 0. The highest BCUT2D eigenvalue weighted by atomic mass is 19.1. The molecular formula is C17H13FN2O2. The lowest BCUT2D eigenvalue weighted by atomic mass is 10.1. The van der Waals surface area contributed by atoms with Crippen molar-refractivity contribution in [3.8, 4) is 17.0 Å². The standard InChI is InChI=1S/C17H13FN2O2/c18-12-6-7-14-13(8-12)16(22-10-17(19)21)9-15(20-14)11-4-2-1-3-5-11/h1-9H,10H2,(H2,19,21). The molecule has 0 radical (unpaired) electrons. The van der Waals surface area contributed by atoms with Crippen LogP contribution in [0.2, 0.25) is 0 Å². The maximum absolute atomic E-state index is 13.5. The molecule has 0 aliphatic rings. The van der Waals surface area contributed by atoms with Gasteiger partial charge in [-0.15, -0.1) is 0 Å². The molecule has 110 valence electrons. The molecule has 22 heavy (non-hydrogen) atoms. The highest BCUT2D eigenvalue weighted by Crippen LogP contribution is 2.30. The molecule has 5 heteroatoms. The van der Waals surface area contributed by atoms with E-state index in [4.69, 9.17) is 10.5 Å². The van der Waals surface area contributed by atoms with Crippen LogP contribution in [0.3, 0.4) is 0 Å². The number of nitrogens with two attached hydrogens (primary N) is 1. The Kier molecular flexibility index (Phi) is 3.70. The zero-order chi connectivity index (χ0) is 15.5. The molecule has 0 aliphatic heterocycles. The van der Waals surface area contributed by atoms with Gasteiger partial charge in [-0.25, -0.2) is 9.37 Å². The number of amides is 1. The van der Waals surface area contributed by atoms with Gasteiger partial charge in [-0.05, 0) is 18.2 Å². The third kappa shape index (κ3) is 2.88. The third-order valence-electron chi connectivity index (χ3n) is 3.17. The second-order valence-electron chi connectivity index (χ2n) is 4.79. The fraction of sp³-hybridized carbons (Fsp3) is 0.0588. The van der Waals surface area contributed by atoms with Crippen LogP contribution >= 0.6 is 0 Å². The van der Waals surface area contributed by atoms with E-state index in [1.807, 2.05) is 30.3 Å². The largest absolute Gasteiger partial charge is 0.483 e. The summed E-state index contributed by atoms with van der Waals surface area (Å²) in [6, 6.07) is 15.4. The normalized spacial score (nSPS) is 10.6. The molecule has 1 aromatic heterocycles. The number of pyridine rings is 1. The fourth-order valence-corrected chi connectivity index (χ4v) is 2.19. The van der Waals surface area contributed by atoms with Gasteiger partial charge < -0.3 is 10.5 Å². The van der Waals surface area contributed by atoms with E-state index in [0.717, 1.165) is 5.56 Å². The number of aromatic nitrogens is 1. The number of benzene rings is 2.